The summed E-state index contributed by atoms with van der Waals surface area (Å²) in [6.45, 7) is 1.97. The number of likely N-dealkylation sites (tertiary alicyclic amines) is 1. The van der Waals surface area contributed by atoms with Gasteiger partial charge in [0.05, 0.1) is 18.7 Å². The summed E-state index contributed by atoms with van der Waals surface area (Å²) >= 11 is 0. The van der Waals surface area contributed by atoms with Crippen LogP contribution in [0.1, 0.15) is 18.0 Å². The molecular formula is C22H28N4O3. The summed E-state index contributed by atoms with van der Waals surface area (Å²) in [5, 5.41) is 15.1. The normalized spacial score (nSPS) is 17.5. The Labute approximate surface area is 171 Å². The van der Waals surface area contributed by atoms with Crippen LogP contribution in [0.15, 0.2) is 60.7 Å². The molecule has 1 heterocycles. The molecule has 1 fully saturated rings. The quantitative estimate of drug-likeness (QED) is 0.669. The number of carbonyl (C=O) groups excluding carboxylic acids is 2. The van der Waals surface area contributed by atoms with Crippen LogP contribution in [0.3, 0.4) is 0 Å². The number of urea groups is 1. The molecule has 3 N–H and O–H groups in total. The van der Waals surface area contributed by atoms with Gasteiger partial charge in [0.1, 0.15) is 0 Å². The van der Waals surface area contributed by atoms with Crippen molar-refractivity contribution in [1.29, 1.82) is 0 Å². The highest BCUT2D eigenvalue weighted by Crippen LogP contribution is 2.23. The third-order valence-corrected chi connectivity index (χ3v) is 5.16. The molecule has 3 rings (SSSR count). The van der Waals surface area contributed by atoms with E-state index in [9.17, 15) is 14.7 Å². The maximum Gasteiger partial charge on any atom is 0.319 e. The monoisotopic (exact) mass is 396 g/mol. The maximum absolute atomic E-state index is 12.8. The number of nitrogens with zero attached hydrogens (tertiary/aromatic N) is 2. The smallest absolute Gasteiger partial charge is 0.319 e. The standard InChI is InChI=1S/C22H28N4O3/c1-25(21(28)14-23-22(29)24-18-10-6-3-7-11-18)20(17-8-4-2-5-9-17)16-26-13-12-19(27)15-26/h2-11,19-20,27H,12-16H2,1H3,(H2,23,24,29)/t19-,20+/m0/s1. The van der Waals surface area contributed by atoms with Crippen LogP contribution >= 0.6 is 0 Å². The molecule has 0 aromatic heterocycles. The molecule has 0 saturated carbocycles. The van der Waals surface area contributed by atoms with Crippen molar-refractivity contribution in [1.82, 2.24) is 15.1 Å². The van der Waals surface area contributed by atoms with Gasteiger partial charge in [-0.15, -0.1) is 0 Å². The molecule has 7 nitrogen and oxygen atoms in total. The first kappa shape index (κ1) is 20.8. The Morgan fingerprint density at radius 3 is 2.41 bits per heavy atom. The Kier molecular flexibility index (Phi) is 7.21. The molecule has 154 valence electrons. The van der Waals surface area contributed by atoms with E-state index in [-0.39, 0.29) is 24.6 Å². The minimum Gasteiger partial charge on any atom is -0.392 e. The van der Waals surface area contributed by atoms with E-state index in [4.69, 9.17) is 0 Å². The van der Waals surface area contributed by atoms with Crippen LogP contribution in [0.5, 0.6) is 0 Å². The predicted octanol–water partition coefficient (Wildman–Crippen LogP) is 2.07. The molecular weight excluding hydrogens is 368 g/mol. The van der Waals surface area contributed by atoms with Crippen LogP contribution in [0.4, 0.5) is 10.5 Å². The lowest BCUT2D eigenvalue weighted by Gasteiger charge is -2.32. The van der Waals surface area contributed by atoms with E-state index in [0.717, 1.165) is 18.5 Å². The van der Waals surface area contributed by atoms with Crippen molar-refractivity contribution in [3.8, 4) is 0 Å². The first-order chi connectivity index (χ1) is 14.0. The highest BCUT2D eigenvalue weighted by Gasteiger charge is 2.28. The van der Waals surface area contributed by atoms with Gasteiger partial charge < -0.3 is 20.6 Å². The Bertz CT molecular complexity index is 800. The van der Waals surface area contributed by atoms with Crippen LogP contribution in [-0.2, 0) is 4.79 Å². The first-order valence-corrected chi connectivity index (χ1v) is 9.84. The van der Waals surface area contributed by atoms with Gasteiger partial charge in [-0.25, -0.2) is 4.79 Å². The molecule has 1 aliphatic rings. The van der Waals surface area contributed by atoms with E-state index in [1.165, 1.54) is 0 Å². The zero-order chi connectivity index (χ0) is 20.6. The number of rotatable bonds is 7. The van der Waals surface area contributed by atoms with Crippen molar-refractivity contribution in [2.45, 2.75) is 18.6 Å². The van der Waals surface area contributed by atoms with Crippen LogP contribution in [-0.4, -0.2) is 66.2 Å². The lowest BCUT2D eigenvalue weighted by Crippen LogP contribution is -2.44. The van der Waals surface area contributed by atoms with E-state index in [1.807, 2.05) is 48.5 Å². The number of benzene rings is 2. The molecule has 1 aliphatic heterocycles. The van der Waals surface area contributed by atoms with Gasteiger partial charge in [0.25, 0.3) is 0 Å². The number of nitrogens with one attached hydrogen (secondary N) is 2. The fourth-order valence-electron chi connectivity index (χ4n) is 3.50. The zero-order valence-electron chi connectivity index (χ0n) is 16.6. The largest absolute Gasteiger partial charge is 0.392 e. The fourth-order valence-corrected chi connectivity index (χ4v) is 3.50. The molecule has 0 bridgehead atoms. The number of β-amino-alcohol motifs (C(OH)–C–C–N with tert-alkyl or cyclic N) is 1. The number of hydrogen-bond acceptors (Lipinski definition) is 4. The van der Waals surface area contributed by atoms with Crippen molar-refractivity contribution in [3.63, 3.8) is 0 Å². The third kappa shape index (κ3) is 6.04. The lowest BCUT2D eigenvalue weighted by molar-refractivity contribution is -0.131. The number of likely N-dealkylation sites (N-methyl/N-ethyl adjacent to an activating group) is 1. The van der Waals surface area contributed by atoms with Gasteiger partial charge in [0.2, 0.25) is 5.91 Å². The minimum atomic E-state index is -0.420. The SMILES string of the molecule is CN(C(=O)CNC(=O)Nc1ccccc1)[C@H](CN1CC[C@H](O)C1)c1ccccc1. The summed E-state index contributed by atoms with van der Waals surface area (Å²) in [6.07, 6.45) is 0.441. The Morgan fingerprint density at radius 2 is 1.79 bits per heavy atom. The van der Waals surface area contributed by atoms with Gasteiger partial charge in [-0.05, 0) is 24.1 Å². The van der Waals surface area contributed by atoms with Gasteiger partial charge in [-0.2, -0.15) is 0 Å². The molecule has 1 saturated heterocycles. The van der Waals surface area contributed by atoms with E-state index in [1.54, 1.807) is 24.1 Å². The highest BCUT2D eigenvalue weighted by molar-refractivity contribution is 5.92. The number of aliphatic hydroxyl groups excluding tert-OH is 1. The summed E-state index contributed by atoms with van der Waals surface area (Å²) in [7, 11) is 1.75. The number of amides is 3. The molecule has 7 heteroatoms. The Balaban J connectivity index is 1.59. The molecule has 2 atom stereocenters. The minimum absolute atomic E-state index is 0.0961. The second kappa shape index (κ2) is 10.0. The van der Waals surface area contributed by atoms with Crippen molar-refractivity contribution in [2.24, 2.45) is 0 Å². The second-order valence-electron chi connectivity index (χ2n) is 7.31. The average Bonchev–Trinajstić information content (AvgIpc) is 3.16. The molecule has 2 aromatic carbocycles. The number of carbonyl (C=O) groups is 2. The Hall–Kier alpha value is -2.90. The van der Waals surface area contributed by atoms with E-state index in [0.29, 0.717) is 18.8 Å². The summed E-state index contributed by atoms with van der Waals surface area (Å²) in [5.41, 5.74) is 1.69. The number of para-hydroxylation sites is 1. The summed E-state index contributed by atoms with van der Waals surface area (Å²) in [5.74, 6) is -0.179. The van der Waals surface area contributed by atoms with Crippen LogP contribution in [0.2, 0.25) is 0 Å². The summed E-state index contributed by atoms with van der Waals surface area (Å²) in [4.78, 5) is 28.7. The maximum atomic E-state index is 12.8. The highest BCUT2D eigenvalue weighted by atomic mass is 16.3. The van der Waals surface area contributed by atoms with Crippen LogP contribution in [0.25, 0.3) is 0 Å². The van der Waals surface area contributed by atoms with Crippen molar-refractivity contribution >= 4 is 17.6 Å². The van der Waals surface area contributed by atoms with E-state index >= 15 is 0 Å². The fraction of sp³-hybridized carbons (Fsp3) is 0.364. The molecule has 29 heavy (non-hydrogen) atoms. The molecule has 0 radical (unpaired) electrons. The lowest BCUT2D eigenvalue weighted by atomic mass is 10.0. The van der Waals surface area contributed by atoms with Crippen LogP contribution < -0.4 is 10.6 Å². The van der Waals surface area contributed by atoms with E-state index in [2.05, 4.69) is 15.5 Å². The van der Waals surface area contributed by atoms with Crippen LogP contribution in [0, 0.1) is 0 Å². The summed E-state index contributed by atoms with van der Waals surface area (Å²) < 4.78 is 0. The topological polar surface area (TPSA) is 84.9 Å². The number of anilines is 1. The predicted molar refractivity (Wildman–Crippen MR) is 112 cm³/mol. The third-order valence-electron chi connectivity index (χ3n) is 5.16. The van der Waals surface area contributed by atoms with Gasteiger partial charge in [0, 0.05) is 32.4 Å². The first-order valence-electron chi connectivity index (χ1n) is 9.84. The van der Waals surface area contributed by atoms with Gasteiger partial charge >= 0.3 is 6.03 Å². The number of aliphatic hydroxyl groups is 1. The summed E-state index contributed by atoms with van der Waals surface area (Å²) in [6, 6.07) is 18.3. The van der Waals surface area contributed by atoms with Gasteiger partial charge in [-0.1, -0.05) is 48.5 Å². The van der Waals surface area contributed by atoms with Gasteiger partial charge in [0.15, 0.2) is 0 Å². The molecule has 3 amide bonds. The molecule has 0 spiro atoms. The van der Waals surface area contributed by atoms with Crippen molar-refractivity contribution < 1.29 is 14.7 Å². The molecule has 2 aromatic rings. The van der Waals surface area contributed by atoms with Gasteiger partial charge in [-0.3, -0.25) is 9.69 Å². The average molecular weight is 396 g/mol. The van der Waals surface area contributed by atoms with E-state index < -0.39 is 6.03 Å². The van der Waals surface area contributed by atoms with Crippen molar-refractivity contribution in [3.05, 3.63) is 66.2 Å². The number of hydrogen-bond donors (Lipinski definition) is 3. The zero-order valence-corrected chi connectivity index (χ0v) is 16.6. The molecule has 0 unspecified atom stereocenters. The van der Waals surface area contributed by atoms with Crippen molar-refractivity contribution in [2.75, 3.05) is 38.5 Å². The second-order valence-corrected chi connectivity index (χ2v) is 7.31. The molecule has 0 aliphatic carbocycles. The Morgan fingerprint density at radius 1 is 1.14 bits per heavy atom.